The third-order valence-electron chi connectivity index (χ3n) is 4.00. The predicted molar refractivity (Wildman–Crippen MR) is 86.4 cm³/mol. The van der Waals surface area contributed by atoms with E-state index in [9.17, 15) is 0 Å². The van der Waals surface area contributed by atoms with Gasteiger partial charge in [0, 0.05) is 31.4 Å². The molecule has 0 bridgehead atoms. The minimum absolute atomic E-state index is 0.469. The van der Waals surface area contributed by atoms with E-state index < -0.39 is 0 Å². The van der Waals surface area contributed by atoms with Crippen LogP contribution in [-0.4, -0.2) is 23.6 Å². The normalized spacial score (nSPS) is 23.4. The number of nitrogens with zero attached hydrogens (tertiary/aromatic N) is 2. The summed E-state index contributed by atoms with van der Waals surface area (Å²) in [7, 11) is 0. The average Bonchev–Trinajstić information content (AvgIpc) is 2.37. The number of aromatic nitrogens is 1. The number of hydrogen-bond acceptors (Lipinski definition) is 3. The van der Waals surface area contributed by atoms with E-state index in [1.54, 1.807) is 0 Å². The maximum atomic E-state index is 6.45. The molecule has 0 spiro atoms. The molecule has 0 radical (unpaired) electrons. The summed E-state index contributed by atoms with van der Waals surface area (Å²) in [6.07, 6.45) is 4.38. The van der Waals surface area contributed by atoms with Gasteiger partial charge in [0.1, 0.15) is 5.82 Å². The van der Waals surface area contributed by atoms with Gasteiger partial charge in [0.15, 0.2) is 0 Å². The van der Waals surface area contributed by atoms with Gasteiger partial charge in [-0.15, -0.1) is 0 Å². The van der Waals surface area contributed by atoms with Crippen LogP contribution in [0.4, 0.5) is 5.82 Å². The van der Waals surface area contributed by atoms with Gasteiger partial charge in [0.05, 0.1) is 5.02 Å². The van der Waals surface area contributed by atoms with Gasteiger partial charge in [0.25, 0.3) is 0 Å². The van der Waals surface area contributed by atoms with Gasteiger partial charge in [-0.3, -0.25) is 0 Å². The van der Waals surface area contributed by atoms with Gasteiger partial charge in [-0.25, -0.2) is 4.98 Å². The van der Waals surface area contributed by atoms with Crippen LogP contribution in [0.3, 0.4) is 0 Å². The largest absolute Gasteiger partial charge is 0.353 e. The highest BCUT2D eigenvalue weighted by molar-refractivity contribution is 6.33. The van der Waals surface area contributed by atoms with Gasteiger partial charge in [0.2, 0.25) is 0 Å². The third-order valence-corrected chi connectivity index (χ3v) is 4.28. The number of pyridine rings is 1. The van der Waals surface area contributed by atoms with E-state index in [-0.39, 0.29) is 0 Å². The summed E-state index contributed by atoms with van der Waals surface area (Å²) in [5, 5.41) is 4.16. The molecule has 1 saturated heterocycles. The molecule has 2 atom stereocenters. The number of rotatable bonds is 4. The second-order valence-electron chi connectivity index (χ2n) is 6.36. The molecule has 0 amide bonds. The van der Waals surface area contributed by atoms with Crippen molar-refractivity contribution in [3.8, 4) is 0 Å². The Morgan fingerprint density at radius 3 is 2.80 bits per heavy atom. The van der Waals surface area contributed by atoms with Crippen LogP contribution in [0.2, 0.25) is 5.02 Å². The maximum absolute atomic E-state index is 6.45. The van der Waals surface area contributed by atoms with Crippen LogP contribution in [0, 0.1) is 5.92 Å². The maximum Gasteiger partial charge on any atom is 0.147 e. The lowest BCUT2D eigenvalue weighted by atomic mass is 9.93. The zero-order valence-corrected chi connectivity index (χ0v) is 13.7. The Hall–Kier alpha value is -0.800. The van der Waals surface area contributed by atoms with Crippen LogP contribution in [-0.2, 0) is 6.54 Å². The first-order valence-corrected chi connectivity index (χ1v) is 7.99. The van der Waals surface area contributed by atoms with Crippen LogP contribution >= 0.6 is 11.6 Å². The minimum atomic E-state index is 0.469. The molecule has 0 aromatic carbocycles. The molecular formula is C16H26ClN3. The van der Waals surface area contributed by atoms with E-state index in [1.807, 2.05) is 12.3 Å². The summed E-state index contributed by atoms with van der Waals surface area (Å²) in [4.78, 5) is 6.96. The van der Waals surface area contributed by atoms with Gasteiger partial charge >= 0.3 is 0 Å². The number of hydrogen-bond donors (Lipinski definition) is 1. The molecule has 3 nitrogen and oxygen atoms in total. The average molecular weight is 296 g/mol. The van der Waals surface area contributed by atoms with E-state index in [0.29, 0.717) is 12.1 Å². The zero-order valence-electron chi connectivity index (χ0n) is 13.0. The van der Waals surface area contributed by atoms with Crippen molar-refractivity contribution in [3.05, 3.63) is 22.8 Å². The SMILES string of the molecule is CC1CCN(c2ncc(CNC(C)C)cc2Cl)C(C)C1. The first kappa shape index (κ1) is 15.6. The quantitative estimate of drug-likeness (QED) is 0.914. The van der Waals surface area contributed by atoms with Crippen LogP contribution in [0.1, 0.15) is 46.1 Å². The van der Waals surface area contributed by atoms with Crippen molar-refractivity contribution in [2.24, 2.45) is 5.92 Å². The monoisotopic (exact) mass is 295 g/mol. The fraction of sp³-hybridized carbons (Fsp3) is 0.688. The van der Waals surface area contributed by atoms with Crippen molar-refractivity contribution in [1.82, 2.24) is 10.3 Å². The molecule has 1 aliphatic rings. The highest BCUT2D eigenvalue weighted by atomic mass is 35.5. The Morgan fingerprint density at radius 2 is 2.20 bits per heavy atom. The first-order valence-electron chi connectivity index (χ1n) is 7.61. The minimum Gasteiger partial charge on any atom is -0.353 e. The van der Waals surface area contributed by atoms with Crippen LogP contribution in [0.15, 0.2) is 12.3 Å². The van der Waals surface area contributed by atoms with E-state index in [2.05, 4.69) is 42.9 Å². The van der Waals surface area contributed by atoms with Crippen molar-refractivity contribution < 1.29 is 0 Å². The molecule has 1 N–H and O–H groups in total. The fourth-order valence-corrected chi connectivity index (χ4v) is 3.12. The molecule has 0 saturated carbocycles. The molecular weight excluding hydrogens is 270 g/mol. The smallest absolute Gasteiger partial charge is 0.147 e. The Kier molecular flexibility index (Phi) is 5.28. The molecule has 2 heterocycles. The van der Waals surface area contributed by atoms with E-state index in [0.717, 1.165) is 35.4 Å². The van der Waals surface area contributed by atoms with Crippen LogP contribution in [0.5, 0.6) is 0 Å². The highest BCUT2D eigenvalue weighted by Crippen LogP contribution is 2.31. The van der Waals surface area contributed by atoms with E-state index in [1.165, 1.54) is 12.8 Å². The molecule has 2 rings (SSSR count). The highest BCUT2D eigenvalue weighted by Gasteiger charge is 2.25. The van der Waals surface area contributed by atoms with Gasteiger partial charge in [-0.2, -0.15) is 0 Å². The topological polar surface area (TPSA) is 28.2 Å². The van der Waals surface area contributed by atoms with Crippen molar-refractivity contribution in [2.45, 2.75) is 59.2 Å². The van der Waals surface area contributed by atoms with E-state index in [4.69, 9.17) is 11.6 Å². The number of piperidine rings is 1. The Bertz CT molecular complexity index is 447. The second-order valence-corrected chi connectivity index (χ2v) is 6.76. The molecule has 112 valence electrons. The van der Waals surface area contributed by atoms with Gasteiger partial charge in [-0.1, -0.05) is 32.4 Å². The van der Waals surface area contributed by atoms with Crippen LogP contribution in [0.25, 0.3) is 0 Å². The standard InChI is InChI=1S/C16H26ClN3/c1-11(2)18-9-14-8-15(17)16(19-10-14)20-6-5-12(3)7-13(20)4/h8,10-13,18H,5-7,9H2,1-4H3. The van der Waals surface area contributed by atoms with Gasteiger partial charge in [-0.05, 0) is 37.3 Å². The summed E-state index contributed by atoms with van der Waals surface area (Å²) in [6, 6.07) is 3.03. The predicted octanol–water partition coefficient (Wildman–Crippen LogP) is 3.86. The molecule has 1 aliphatic heterocycles. The molecule has 0 aliphatic carbocycles. The summed E-state index contributed by atoms with van der Waals surface area (Å²) < 4.78 is 0. The lowest BCUT2D eigenvalue weighted by molar-refractivity contribution is 0.376. The fourth-order valence-electron chi connectivity index (χ4n) is 2.82. The summed E-state index contributed by atoms with van der Waals surface area (Å²) in [5.41, 5.74) is 1.14. The molecule has 1 fully saturated rings. The number of anilines is 1. The Morgan fingerprint density at radius 1 is 1.45 bits per heavy atom. The second kappa shape index (κ2) is 6.77. The number of halogens is 1. The van der Waals surface area contributed by atoms with Gasteiger partial charge < -0.3 is 10.2 Å². The Labute approximate surface area is 127 Å². The summed E-state index contributed by atoms with van der Waals surface area (Å²) >= 11 is 6.45. The Balaban J connectivity index is 2.09. The van der Waals surface area contributed by atoms with E-state index >= 15 is 0 Å². The first-order chi connectivity index (χ1) is 9.47. The molecule has 1 aromatic heterocycles. The molecule has 20 heavy (non-hydrogen) atoms. The zero-order chi connectivity index (χ0) is 14.7. The summed E-state index contributed by atoms with van der Waals surface area (Å²) in [6.45, 7) is 10.7. The van der Waals surface area contributed by atoms with Crippen molar-refractivity contribution in [2.75, 3.05) is 11.4 Å². The molecule has 1 aromatic rings. The molecule has 2 unspecified atom stereocenters. The lowest BCUT2D eigenvalue weighted by Gasteiger charge is -2.37. The van der Waals surface area contributed by atoms with Crippen molar-refractivity contribution >= 4 is 17.4 Å². The van der Waals surface area contributed by atoms with Crippen molar-refractivity contribution in [3.63, 3.8) is 0 Å². The third kappa shape index (κ3) is 3.86. The summed E-state index contributed by atoms with van der Waals surface area (Å²) in [5.74, 6) is 1.74. The number of nitrogens with one attached hydrogen (secondary N) is 1. The lowest BCUT2D eigenvalue weighted by Crippen LogP contribution is -2.40. The van der Waals surface area contributed by atoms with Crippen molar-refractivity contribution in [1.29, 1.82) is 0 Å². The van der Waals surface area contributed by atoms with Crippen LogP contribution < -0.4 is 10.2 Å². The molecule has 4 heteroatoms.